The van der Waals surface area contributed by atoms with Gasteiger partial charge in [0.2, 0.25) is 0 Å². The van der Waals surface area contributed by atoms with Gasteiger partial charge in [-0.3, -0.25) is 0 Å². The Labute approximate surface area is 135 Å². The molecule has 0 unspecified atom stereocenters. The Balaban J connectivity index is 0.00000200. The van der Waals surface area contributed by atoms with Crippen molar-refractivity contribution in [1.82, 2.24) is 4.90 Å². The molecule has 2 N–H and O–H groups in total. The highest BCUT2D eigenvalue weighted by molar-refractivity contribution is 14.0. The molecule has 112 valence electrons. The van der Waals surface area contributed by atoms with Crippen molar-refractivity contribution in [1.29, 1.82) is 0 Å². The van der Waals surface area contributed by atoms with Crippen molar-refractivity contribution in [2.45, 2.75) is 6.54 Å². The van der Waals surface area contributed by atoms with E-state index >= 15 is 0 Å². The summed E-state index contributed by atoms with van der Waals surface area (Å²) in [6.45, 7) is 3.16. The van der Waals surface area contributed by atoms with Crippen LogP contribution in [0, 0.1) is 5.82 Å². The lowest BCUT2D eigenvalue weighted by Crippen LogP contribution is -2.44. The van der Waals surface area contributed by atoms with Crippen molar-refractivity contribution in [3.63, 3.8) is 0 Å². The highest BCUT2D eigenvalue weighted by Gasteiger charge is 2.12. The summed E-state index contributed by atoms with van der Waals surface area (Å²) in [5.74, 6) is 0.313. The molecule has 0 saturated carbocycles. The first kappa shape index (κ1) is 17.0. The molecule has 1 aliphatic heterocycles. The molecule has 0 atom stereocenters. The molecule has 1 aromatic carbocycles. The summed E-state index contributed by atoms with van der Waals surface area (Å²) in [5, 5.41) is 0. The van der Waals surface area contributed by atoms with Crippen molar-refractivity contribution in [2.24, 2.45) is 10.7 Å². The SMILES string of the molecule is COc1ccc(CN=C(N)N2CCOCC2)cc1F.I. The number of rotatable bonds is 3. The Morgan fingerprint density at radius 2 is 2.15 bits per heavy atom. The van der Waals surface area contributed by atoms with Gasteiger partial charge < -0.3 is 20.1 Å². The van der Waals surface area contributed by atoms with Gasteiger partial charge in [0.1, 0.15) is 0 Å². The Hall–Kier alpha value is -1.09. The lowest BCUT2D eigenvalue weighted by atomic mass is 10.2. The third-order valence-corrected chi connectivity index (χ3v) is 2.97. The van der Waals surface area contributed by atoms with Gasteiger partial charge in [-0.1, -0.05) is 6.07 Å². The molecular formula is C13H19FIN3O2. The van der Waals surface area contributed by atoms with Crippen molar-refractivity contribution in [3.05, 3.63) is 29.6 Å². The van der Waals surface area contributed by atoms with Crippen LogP contribution in [0.2, 0.25) is 0 Å². The van der Waals surface area contributed by atoms with E-state index in [4.69, 9.17) is 15.2 Å². The van der Waals surface area contributed by atoms with E-state index in [0.717, 1.165) is 18.7 Å². The van der Waals surface area contributed by atoms with Crippen LogP contribution in [-0.4, -0.2) is 44.3 Å². The molecule has 0 amide bonds. The molecule has 5 nitrogen and oxygen atoms in total. The van der Waals surface area contributed by atoms with Crippen molar-refractivity contribution >= 4 is 29.9 Å². The molecule has 1 aromatic rings. The fourth-order valence-electron chi connectivity index (χ4n) is 1.87. The van der Waals surface area contributed by atoms with Crippen molar-refractivity contribution in [2.75, 3.05) is 33.4 Å². The minimum atomic E-state index is -0.389. The molecule has 1 heterocycles. The van der Waals surface area contributed by atoms with Crippen LogP contribution in [-0.2, 0) is 11.3 Å². The summed E-state index contributed by atoms with van der Waals surface area (Å²) in [5.41, 5.74) is 6.65. The van der Waals surface area contributed by atoms with Gasteiger partial charge in [-0.05, 0) is 17.7 Å². The molecule has 7 heteroatoms. The molecular weight excluding hydrogens is 376 g/mol. The minimum Gasteiger partial charge on any atom is -0.494 e. The van der Waals surface area contributed by atoms with E-state index in [9.17, 15) is 4.39 Å². The topological polar surface area (TPSA) is 60.1 Å². The summed E-state index contributed by atoms with van der Waals surface area (Å²) in [6, 6.07) is 4.78. The number of benzene rings is 1. The van der Waals surface area contributed by atoms with Gasteiger partial charge in [-0.25, -0.2) is 9.38 Å². The van der Waals surface area contributed by atoms with Crippen LogP contribution in [0.5, 0.6) is 5.75 Å². The average molecular weight is 395 g/mol. The predicted octanol–water partition coefficient (Wildman–Crippen LogP) is 1.60. The van der Waals surface area contributed by atoms with E-state index in [0.29, 0.717) is 25.7 Å². The second kappa shape index (κ2) is 8.25. The number of nitrogens with zero attached hydrogens (tertiary/aromatic N) is 2. The van der Waals surface area contributed by atoms with Crippen LogP contribution in [0.15, 0.2) is 23.2 Å². The zero-order valence-corrected chi connectivity index (χ0v) is 13.7. The number of nitrogens with two attached hydrogens (primary N) is 1. The molecule has 0 aromatic heterocycles. The third-order valence-electron chi connectivity index (χ3n) is 2.97. The molecule has 1 fully saturated rings. The zero-order chi connectivity index (χ0) is 13.7. The standard InChI is InChI=1S/C13H18FN3O2.HI/c1-18-12-3-2-10(8-11(12)14)9-16-13(15)17-4-6-19-7-5-17;/h2-3,8H,4-7,9H2,1H3,(H2,15,16);1H. The lowest BCUT2D eigenvalue weighted by Gasteiger charge is -2.27. The summed E-state index contributed by atoms with van der Waals surface area (Å²) in [6.07, 6.45) is 0. The van der Waals surface area contributed by atoms with Crippen LogP contribution in [0.1, 0.15) is 5.56 Å². The number of hydrogen-bond acceptors (Lipinski definition) is 3. The Morgan fingerprint density at radius 1 is 1.45 bits per heavy atom. The molecule has 0 radical (unpaired) electrons. The summed E-state index contributed by atoms with van der Waals surface area (Å²) in [7, 11) is 1.44. The smallest absolute Gasteiger partial charge is 0.191 e. The number of methoxy groups -OCH3 is 1. The van der Waals surface area contributed by atoms with Gasteiger partial charge in [0.15, 0.2) is 17.5 Å². The first-order valence-corrected chi connectivity index (χ1v) is 6.15. The molecule has 1 aliphatic rings. The molecule has 1 saturated heterocycles. The van der Waals surface area contributed by atoms with Crippen molar-refractivity contribution < 1.29 is 13.9 Å². The Morgan fingerprint density at radius 3 is 2.75 bits per heavy atom. The number of ether oxygens (including phenoxy) is 2. The molecule has 0 spiro atoms. The summed E-state index contributed by atoms with van der Waals surface area (Å²) < 4.78 is 23.6. The van der Waals surface area contributed by atoms with Gasteiger partial charge in [-0.15, -0.1) is 24.0 Å². The van der Waals surface area contributed by atoms with E-state index in [1.165, 1.54) is 13.2 Å². The highest BCUT2D eigenvalue weighted by atomic mass is 127. The fourth-order valence-corrected chi connectivity index (χ4v) is 1.87. The van der Waals surface area contributed by atoms with Gasteiger partial charge in [0, 0.05) is 13.1 Å². The molecule has 20 heavy (non-hydrogen) atoms. The lowest BCUT2D eigenvalue weighted by molar-refractivity contribution is 0.0674. The van der Waals surface area contributed by atoms with Crippen LogP contribution in [0.3, 0.4) is 0 Å². The number of aliphatic imine (C=N–C) groups is 1. The zero-order valence-electron chi connectivity index (χ0n) is 11.3. The van der Waals surface area contributed by atoms with Crippen LogP contribution >= 0.6 is 24.0 Å². The maximum Gasteiger partial charge on any atom is 0.191 e. The largest absolute Gasteiger partial charge is 0.494 e. The molecule has 2 rings (SSSR count). The van der Waals surface area contributed by atoms with Gasteiger partial charge in [0.25, 0.3) is 0 Å². The number of guanidine groups is 1. The minimum absolute atomic E-state index is 0. The van der Waals surface area contributed by atoms with Gasteiger partial charge in [0.05, 0.1) is 26.9 Å². The highest BCUT2D eigenvalue weighted by Crippen LogP contribution is 2.18. The molecule has 0 bridgehead atoms. The van der Waals surface area contributed by atoms with Crippen molar-refractivity contribution in [3.8, 4) is 5.75 Å². The first-order chi connectivity index (χ1) is 9.20. The second-order valence-corrected chi connectivity index (χ2v) is 4.24. The average Bonchev–Trinajstić information content (AvgIpc) is 2.46. The number of halogens is 2. The quantitative estimate of drug-likeness (QED) is 0.480. The fraction of sp³-hybridized carbons (Fsp3) is 0.462. The summed E-state index contributed by atoms with van der Waals surface area (Å²) in [4.78, 5) is 6.23. The first-order valence-electron chi connectivity index (χ1n) is 6.15. The van der Waals surface area contributed by atoms with Crippen LogP contribution in [0.25, 0.3) is 0 Å². The number of morpholine rings is 1. The van der Waals surface area contributed by atoms with E-state index < -0.39 is 0 Å². The number of hydrogen-bond donors (Lipinski definition) is 1. The van der Waals surface area contributed by atoms with Crippen LogP contribution in [0.4, 0.5) is 4.39 Å². The van der Waals surface area contributed by atoms with Crippen LogP contribution < -0.4 is 10.5 Å². The van der Waals surface area contributed by atoms with E-state index in [-0.39, 0.29) is 35.5 Å². The van der Waals surface area contributed by atoms with E-state index in [2.05, 4.69) is 4.99 Å². The molecule has 0 aliphatic carbocycles. The van der Waals surface area contributed by atoms with Gasteiger partial charge in [-0.2, -0.15) is 0 Å². The van der Waals surface area contributed by atoms with Gasteiger partial charge >= 0.3 is 0 Å². The maximum absolute atomic E-state index is 13.5. The second-order valence-electron chi connectivity index (χ2n) is 4.24. The van der Waals surface area contributed by atoms with E-state index in [1.807, 2.05) is 4.90 Å². The normalized spacial score (nSPS) is 15.7. The monoisotopic (exact) mass is 395 g/mol. The maximum atomic E-state index is 13.5. The Kier molecular flexibility index (Phi) is 7.00. The third kappa shape index (κ3) is 4.48. The Bertz CT molecular complexity index is 465. The predicted molar refractivity (Wildman–Crippen MR) is 86.1 cm³/mol. The van der Waals surface area contributed by atoms with E-state index in [1.54, 1.807) is 12.1 Å². The summed E-state index contributed by atoms with van der Waals surface area (Å²) >= 11 is 0.